The molecule has 3 atom stereocenters. The summed E-state index contributed by atoms with van der Waals surface area (Å²) in [5, 5.41) is 22.8. The van der Waals surface area contributed by atoms with Gasteiger partial charge in [0.05, 0.1) is 11.3 Å². The third kappa shape index (κ3) is 2.52. The van der Waals surface area contributed by atoms with Crippen LogP contribution in [0.3, 0.4) is 0 Å². The zero-order valence-corrected chi connectivity index (χ0v) is 19.7. The number of aromatic hydroxyl groups is 1. The number of rotatable bonds is 1. The van der Waals surface area contributed by atoms with E-state index < -0.39 is 11.0 Å². The third-order valence-electron chi connectivity index (χ3n) is 8.57. The fourth-order valence-corrected chi connectivity index (χ4v) is 7.99. The van der Waals surface area contributed by atoms with E-state index in [1.807, 2.05) is 6.07 Å². The largest absolute Gasteiger partial charge is 0.508 e. The van der Waals surface area contributed by atoms with Crippen LogP contribution in [0.15, 0.2) is 48.7 Å². The highest BCUT2D eigenvalue weighted by atomic mass is 32.1. The Kier molecular flexibility index (Phi) is 3.87. The Hall–Kier alpha value is -2.67. The van der Waals surface area contributed by atoms with E-state index in [4.69, 9.17) is 4.98 Å². The number of imidazole rings is 1. The van der Waals surface area contributed by atoms with Gasteiger partial charge < -0.3 is 15.1 Å². The molecule has 3 aliphatic rings. The number of piperidine rings is 1. The number of phenols is 1. The predicted molar refractivity (Wildman–Crippen MR) is 130 cm³/mol. The number of aryl methyl sites for hydroxylation is 1. The lowest BCUT2D eigenvalue weighted by atomic mass is 9.50. The van der Waals surface area contributed by atoms with Crippen molar-refractivity contribution in [2.24, 2.45) is 0 Å². The molecule has 0 saturated carbocycles. The number of likely N-dealkylation sites (tertiary alicyclic amines) is 1. The molecule has 1 fully saturated rings. The molecule has 1 saturated heterocycles. The van der Waals surface area contributed by atoms with Gasteiger partial charge in [0.15, 0.2) is 4.96 Å². The summed E-state index contributed by atoms with van der Waals surface area (Å²) in [6, 6.07) is 14.4. The first-order valence-corrected chi connectivity index (χ1v) is 12.5. The highest BCUT2D eigenvalue weighted by Crippen LogP contribution is 2.58. The summed E-state index contributed by atoms with van der Waals surface area (Å²) >= 11 is 1.72. The van der Waals surface area contributed by atoms with Crippen molar-refractivity contribution >= 4 is 16.3 Å². The van der Waals surface area contributed by atoms with Gasteiger partial charge >= 0.3 is 0 Å². The molecule has 0 spiro atoms. The van der Waals surface area contributed by atoms with Crippen LogP contribution in [-0.4, -0.2) is 49.7 Å². The summed E-state index contributed by atoms with van der Waals surface area (Å²) in [5.74, 6) is 0.286. The molecule has 0 unspecified atom stereocenters. The van der Waals surface area contributed by atoms with Crippen molar-refractivity contribution in [3.63, 3.8) is 0 Å². The number of likely N-dealkylation sites (N-methyl/N-ethyl adjacent to an activating group) is 1. The minimum atomic E-state index is -0.851. The molecule has 2 aromatic heterocycles. The molecule has 168 valence electrons. The van der Waals surface area contributed by atoms with Gasteiger partial charge in [-0.2, -0.15) is 0 Å². The topological polar surface area (TPSA) is 61.0 Å². The maximum absolute atomic E-state index is 12.4. The summed E-state index contributed by atoms with van der Waals surface area (Å²) in [5.41, 5.74) is 5.78. The number of phenolic OH excluding ortho intramolecular Hbond substituents is 1. The third-order valence-corrected chi connectivity index (χ3v) is 9.67. The molecule has 1 aliphatic heterocycles. The summed E-state index contributed by atoms with van der Waals surface area (Å²) < 4.78 is 2.26. The van der Waals surface area contributed by atoms with Crippen molar-refractivity contribution in [1.29, 1.82) is 0 Å². The minimum absolute atomic E-state index is 0.0778. The van der Waals surface area contributed by atoms with Gasteiger partial charge in [-0.25, -0.2) is 4.98 Å². The quantitative estimate of drug-likeness (QED) is 0.452. The first kappa shape index (κ1) is 19.8. The van der Waals surface area contributed by atoms with Gasteiger partial charge in [-0.15, -0.1) is 11.3 Å². The molecule has 7 rings (SSSR count). The number of thiazole rings is 1. The highest BCUT2D eigenvalue weighted by molar-refractivity contribution is 7.17. The number of nitrogens with zero attached hydrogens (tertiary/aromatic N) is 3. The molecule has 5 nitrogen and oxygen atoms in total. The van der Waals surface area contributed by atoms with Gasteiger partial charge in [-0.1, -0.05) is 35.9 Å². The summed E-state index contributed by atoms with van der Waals surface area (Å²) in [6.07, 6.45) is 5.27. The first-order valence-electron chi connectivity index (χ1n) is 11.7. The van der Waals surface area contributed by atoms with Crippen molar-refractivity contribution in [2.45, 2.75) is 49.7 Å². The molecule has 6 heteroatoms. The zero-order chi connectivity index (χ0) is 22.5. The lowest BCUT2D eigenvalue weighted by molar-refractivity contribution is -0.144. The Morgan fingerprint density at radius 1 is 1.12 bits per heavy atom. The van der Waals surface area contributed by atoms with Crippen molar-refractivity contribution in [3.8, 4) is 17.0 Å². The van der Waals surface area contributed by atoms with Crippen LogP contribution in [0.5, 0.6) is 5.75 Å². The van der Waals surface area contributed by atoms with E-state index in [2.05, 4.69) is 59.8 Å². The average Bonchev–Trinajstić information content (AvgIpc) is 3.33. The second kappa shape index (κ2) is 6.47. The van der Waals surface area contributed by atoms with Crippen molar-refractivity contribution < 1.29 is 10.2 Å². The summed E-state index contributed by atoms with van der Waals surface area (Å²) in [6.45, 7) is 3.05. The normalized spacial score (nSPS) is 28.4. The van der Waals surface area contributed by atoms with Crippen LogP contribution < -0.4 is 0 Å². The second-order valence-electron chi connectivity index (χ2n) is 10.3. The lowest BCUT2D eigenvalue weighted by Gasteiger charge is -2.62. The zero-order valence-electron chi connectivity index (χ0n) is 18.9. The molecule has 0 radical (unpaired) electrons. The molecule has 2 aliphatic carbocycles. The van der Waals surface area contributed by atoms with Gasteiger partial charge in [-0.3, -0.25) is 4.40 Å². The van der Waals surface area contributed by atoms with Gasteiger partial charge in [0.1, 0.15) is 5.75 Å². The first-order chi connectivity index (χ1) is 15.9. The van der Waals surface area contributed by atoms with Crippen LogP contribution in [0.2, 0.25) is 0 Å². The molecule has 33 heavy (non-hydrogen) atoms. The summed E-state index contributed by atoms with van der Waals surface area (Å²) in [7, 11) is 2.14. The molecule has 2 bridgehead atoms. The number of aliphatic hydroxyl groups is 1. The van der Waals surface area contributed by atoms with E-state index in [1.54, 1.807) is 17.4 Å². The molecule has 2 aromatic carbocycles. The van der Waals surface area contributed by atoms with Crippen molar-refractivity contribution in [3.05, 3.63) is 75.9 Å². The van der Waals surface area contributed by atoms with E-state index >= 15 is 0 Å². The lowest BCUT2D eigenvalue weighted by Crippen LogP contribution is -2.73. The Balaban J connectivity index is 1.42. The van der Waals surface area contributed by atoms with Crippen LogP contribution in [0.4, 0.5) is 0 Å². The van der Waals surface area contributed by atoms with Crippen LogP contribution in [0.1, 0.15) is 33.7 Å². The molecule has 0 amide bonds. The number of aromatic nitrogens is 2. The van der Waals surface area contributed by atoms with Crippen LogP contribution >= 0.6 is 11.3 Å². The van der Waals surface area contributed by atoms with Crippen LogP contribution in [0.25, 0.3) is 16.2 Å². The van der Waals surface area contributed by atoms with Gasteiger partial charge in [0.2, 0.25) is 0 Å². The SMILES string of the molecule is Cc1ccc(-c2cn3c4c(sc3n2)C[C@@]2(O)[C@H]3Cc5ccc(O)cc5[C@@]2(CCN3C)C4)cc1. The molecule has 3 heterocycles. The molecular weight excluding hydrogens is 430 g/mol. The fourth-order valence-electron chi connectivity index (χ4n) is 6.78. The molecule has 4 aromatic rings. The second-order valence-corrected chi connectivity index (χ2v) is 11.3. The molecule has 2 N–H and O–H groups in total. The van der Waals surface area contributed by atoms with E-state index in [9.17, 15) is 10.2 Å². The van der Waals surface area contributed by atoms with Gasteiger partial charge in [0.25, 0.3) is 0 Å². The van der Waals surface area contributed by atoms with Gasteiger partial charge in [-0.05, 0) is 56.6 Å². The number of fused-ring (bicyclic) bond motifs is 4. The number of hydrogen-bond acceptors (Lipinski definition) is 5. The molecular formula is C27H27N3O2S. The van der Waals surface area contributed by atoms with Crippen molar-refractivity contribution in [2.75, 3.05) is 13.6 Å². The van der Waals surface area contributed by atoms with E-state index in [-0.39, 0.29) is 11.8 Å². The Morgan fingerprint density at radius 3 is 2.76 bits per heavy atom. The average molecular weight is 458 g/mol. The predicted octanol–water partition coefficient (Wildman–Crippen LogP) is 4.10. The monoisotopic (exact) mass is 457 g/mol. The Bertz CT molecular complexity index is 1420. The van der Waals surface area contributed by atoms with Gasteiger partial charge in [0, 0.05) is 46.6 Å². The van der Waals surface area contributed by atoms with E-state index in [1.165, 1.54) is 21.7 Å². The smallest absolute Gasteiger partial charge is 0.194 e. The van der Waals surface area contributed by atoms with Crippen LogP contribution in [0, 0.1) is 6.92 Å². The maximum Gasteiger partial charge on any atom is 0.194 e. The Morgan fingerprint density at radius 2 is 1.94 bits per heavy atom. The maximum atomic E-state index is 12.4. The van der Waals surface area contributed by atoms with E-state index in [0.29, 0.717) is 6.42 Å². The summed E-state index contributed by atoms with van der Waals surface area (Å²) in [4.78, 5) is 9.54. The van der Waals surface area contributed by atoms with Crippen LogP contribution in [-0.2, 0) is 24.7 Å². The van der Waals surface area contributed by atoms with E-state index in [0.717, 1.165) is 47.6 Å². The van der Waals surface area contributed by atoms with Crippen molar-refractivity contribution in [1.82, 2.24) is 14.3 Å². The standard InChI is InChI=1S/C27H27N3O2S/c1-16-3-5-17(6-4-16)21-15-30-22-13-26-9-10-29(2)24(11-18-7-8-19(31)12-20(18)26)27(26,32)14-23(22)33-25(30)28-21/h3-8,12,15,24,31-32H,9-11,13-14H2,1-2H3/t24-,26-,27-/m1/s1. The minimum Gasteiger partial charge on any atom is -0.508 e. The Labute approximate surface area is 197 Å². The number of hydrogen-bond donors (Lipinski definition) is 2. The highest BCUT2D eigenvalue weighted by Gasteiger charge is 2.64. The number of benzene rings is 2. The fraction of sp³-hybridized carbons (Fsp3) is 0.370.